The zero-order valence-electron chi connectivity index (χ0n) is 19.4. The number of carbonyl (C=O) groups is 1. The number of hydrogen-bond acceptors (Lipinski definition) is 6. The summed E-state index contributed by atoms with van der Waals surface area (Å²) in [5.41, 5.74) is 10.3. The van der Waals surface area contributed by atoms with Gasteiger partial charge >= 0.3 is 18.9 Å². The number of para-hydroxylation sites is 2. The maximum Gasteiger partial charge on any atom is 1.00 e. The molecule has 0 aliphatic heterocycles. The average Bonchev–Trinajstić information content (AvgIpc) is 3.17. The summed E-state index contributed by atoms with van der Waals surface area (Å²) in [6, 6.07) is 22.6. The number of nitrogens with two attached hydrogens (primary N) is 1. The Morgan fingerprint density at radius 2 is 1.72 bits per heavy atom. The fraction of sp³-hybridized carbons (Fsp3) is 0.0769. The van der Waals surface area contributed by atoms with Crippen LogP contribution in [0.15, 0.2) is 83.7 Å². The second kappa shape index (κ2) is 10.4. The molecule has 0 bridgehead atoms. The number of fused-ring (bicyclic) bond motifs is 1. The Morgan fingerprint density at radius 3 is 2.53 bits per heavy atom. The molecule has 0 saturated heterocycles. The molecule has 0 amide bonds. The molecule has 5 rings (SSSR count). The molecule has 8 nitrogen and oxygen atoms in total. The summed E-state index contributed by atoms with van der Waals surface area (Å²) in [5, 5.41) is 16.1. The number of anilines is 1. The number of rotatable bonds is 6. The number of hydrogen-bond donors (Lipinski definition) is 1. The zero-order valence-corrected chi connectivity index (χ0v) is 20.1. The van der Waals surface area contributed by atoms with Crippen LogP contribution in [0.1, 0.15) is 21.5 Å². The van der Waals surface area contributed by atoms with E-state index in [1.165, 1.54) is 22.9 Å². The van der Waals surface area contributed by atoms with Gasteiger partial charge < -0.3 is 20.2 Å². The molecule has 2 heterocycles. The summed E-state index contributed by atoms with van der Waals surface area (Å²) >= 11 is 6.50. The summed E-state index contributed by atoms with van der Waals surface area (Å²) < 4.78 is 3.19. The number of carboxylic acid groups (broad SMARTS) is 1. The first-order valence-electron chi connectivity index (χ1n) is 10.8. The molecule has 0 spiro atoms. The third-order valence-corrected chi connectivity index (χ3v) is 6.02. The minimum atomic E-state index is -1.28. The van der Waals surface area contributed by atoms with Gasteiger partial charge in [0.25, 0.3) is 5.56 Å². The molecule has 2 aromatic heterocycles. The molecule has 3 aromatic carbocycles. The molecule has 10 heteroatoms. The van der Waals surface area contributed by atoms with Gasteiger partial charge in [0.1, 0.15) is 0 Å². The van der Waals surface area contributed by atoms with E-state index in [1.807, 2.05) is 41.0 Å². The molecule has 0 saturated carbocycles. The predicted molar refractivity (Wildman–Crippen MR) is 132 cm³/mol. The van der Waals surface area contributed by atoms with Crippen LogP contribution in [-0.2, 0) is 13.1 Å². The first kappa shape index (κ1) is 25.3. The van der Waals surface area contributed by atoms with Gasteiger partial charge in [0, 0.05) is 11.6 Å². The second-order valence-corrected chi connectivity index (χ2v) is 8.47. The van der Waals surface area contributed by atoms with Crippen molar-refractivity contribution in [3.63, 3.8) is 0 Å². The Balaban J connectivity index is 0.00000304. The number of carboxylic acids is 1. The summed E-state index contributed by atoms with van der Waals surface area (Å²) in [7, 11) is 0. The summed E-state index contributed by atoms with van der Waals surface area (Å²) in [4.78, 5) is 28.0. The molecule has 0 radical (unpaired) electrons. The number of imidazole rings is 1. The second-order valence-electron chi connectivity index (χ2n) is 8.06. The van der Waals surface area contributed by atoms with Gasteiger partial charge in [-0.05, 0) is 53.1 Å². The molecule has 174 valence electrons. The third kappa shape index (κ3) is 5.07. The Kier molecular flexibility index (Phi) is 7.31. The maximum atomic E-state index is 12.5. The number of carbonyl (C=O) groups excluding carboxylic acids is 1. The van der Waals surface area contributed by atoms with Crippen molar-refractivity contribution in [1.82, 2.24) is 19.3 Å². The van der Waals surface area contributed by atoms with Crippen LogP contribution >= 0.6 is 11.6 Å². The van der Waals surface area contributed by atoms with Gasteiger partial charge in [0.2, 0.25) is 5.95 Å². The summed E-state index contributed by atoms with van der Waals surface area (Å²) in [5.74, 6) is -0.871. The summed E-state index contributed by atoms with van der Waals surface area (Å²) in [6.45, 7) is 0.578. The van der Waals surface area contributed by atoms with Crippen molar-refractivity contribution in [2.24, 2.45) is 0 Å². The fourth-order valence-electron chi connectivity index (χ4n) is 3.99. The van der Waals surface area contributed by atoms with E-state index < -0.39 is 5.97 Å². The normalized spacial score (nSPS) is 10.8. The maximum absolute atomic E-state index is 12.5. The van der Waals surface area contributed by atoms with Crippen LogP contribution in [0, 0.1) is 0 Å². The van der Waals surface area contributed by atoms with Gasteiger partial charge in [0.15, 0.2) is 0 Å². The molecule has 2 N–H and O–H groups in total. The average molecular weight is 492 g/mol. The minimum absolute atomic E-state index is 0. The number of nitrogen functional groups attached to an aromatic ring is 1. The van der Waals surface area contributed by atoms with E-state index in [2.05, 4.69) is 10.1 Å². The fourth-order valence-corrected chi connectivity index (χ4v) is 4.20. The van der Waals surface area contributed by atoms with E-state index in [0.29, 0.717) is 34.3 Å². The van der Waals surface area contributed by atoms with Crippen molar-refractivity contribution >= 4 is 34.6 Å². The van der Waals surface area contributed by atoms with E-state index in [4.69, 9.17) is 17.3 Å². The van der Waals surface area contributed by atoms with Crippen LogP contribution in [0.3, 0.4) is 0 Å². The Hall–Kier alpha value is -3.83. The molecule has 5 aromatic rings. The molecular formula is C26H19ClLiN5O3. The quantitative estimate of drug-likeness (QED) is 0.333. The Labute approximate surface area is 223 Å². The first-order chi connectivity index (χ1) is 16.9. The van der Waals surface area contributed by atoms with Crippen LogP contribution in [-0.4, -0.2) is 25.3 Å². The van der Waals surface area contributed by atoms with Gasteiger partial charge in [-0.25, -0.2) is 9.67 Å². The van der Waals surface area contributed by atoms with Gasteiger partial charge in [-0.3, -0.25) is 4.79 Å². The minimum Gasteiger partial charge on any atom is -0.545 e. The molecule has 0 aliphatic carbocycles. The first-order valence-corrected chi connectivity index (χ1v) is 11.1. The molecule has 0 aliphatic rings. The standard InChI is InChI=1S/C26H20ClN5O3.Li/c27-20-9-8-17(14-31-23-7-2-1-6-22(23)29-26(31)28)13-19(20)21-10-11-24(33)32(30-21)15-16-4-3-5-18(12-16)25(34)35;/h1-13H,14-15H2,(H2,28,29)(H,34,35);/q;+1/p-1. The van der Waals surface area contributed by atoms with Gasteiger partial charge in [-0.1, -0.05) is 48.0 Å². The van der Waals surface area contributed by atoms with Crippen LogP contribution in [0.2, 0.25) is 5.02 Å². The van der Waals surface area contributed by atoms with Crippen molar-refractivity contribution in [2.75, 3.05) is 5.73 Å². The van der Waals surface area contributed by atoms with Crippen molar-refractivity contribution in [3.8, 4) is 11.3 Å². The molecule has 0 unspecified atom stereocenters. The monoisotopic (exact) mass is 491 g/mol. The van der Waals surface area contributed by atoms with Crippen molar-refractivity contribution in [2.45, 2.75) is 13.1 Å². The number of benzene rings is 3. The number of halogens is 1. The Morgan fingerprint density at radius 1 is 0.944 bits per heavy atom. The van der Waals surface area contributed by atoms with E-state index in [1.54, 1.807) is 24.3 Å². The molecule has 0 atom stereocenters. The predicted octanol–water partition coefficient (Wildman–Crippen LogP) is -0.0403. The van der Waals surface area contributed by atoms with Crippen molar-refractivity contribution in [1.29, 1.82) is 0 Å². The smallest absolute Gasteiger partial charge is 0.545 e. The number of nitrogens with zero attached hydrogens (tertiary/aromatic N) is 4. The zero-order chi connectivity index (χ0) is 24.5. The third-order valence-electron chi connectivity index (χ3n) is 5.69. The topological polar surface area (TPSA) is 119 Å². The van der Waals surface area contributed by atoms with Crippen LogP contribution in [0.25, 0.3) is 22.3 Å². The van der Waals surface area contributed by atoms with Gasteiger partial charge in [-0.15, -0.1) is 0 Å². The summed E-state index contributed by atoms with van der Waals surface area (Å²) in [6.07, 6.45) is 0. The Bertz CT molecular complexity index is 1650. The van der Waals surface area contributed by atoms with Crippen molar-refractivity contribution in [3.05, 3.63) is 111 Å². The van der Waals surface area contributed by atoms with Crippen LogP contribution < -0.4 is 35.3 Å². The van der Waals surface area contributed by atoms with Crippen molar-refractivity contribution < 1.29 is 28.8 Å². The molecular weight excluding hydrogens is 473 g/mol. The number of aromatic nitrogens is 4. The van der Waals surface area contributed by atoms with E-state index in [-0.39, 0.29) is 36.5 Å². The van der Waals surface area contributed by atoms with E-state index in [0.717, 1.165) is 16.6 Å². The SMILES string of the molecule is Nc1nc2ccccc2n1Cc1ccc(Cl)c(-c2ccc(=O)n(Cc3cccc(C(=O)[O-])c3)n2)c1.[Li+]. The number of aromatic carboxylic acids is 1. The van der Waals surface area contributed by atoms with E-state index in [9.17, 15) is 14.7 Å². The van der Waals surface area contributed by atoms with Gasteiger partial charge in [0.05, 0.1) is 40.8 Å². The molecule has 0 fully saturated rings. The van der Waals surface area contributed by atoms with Crippen LogP contribution in [0.5, 0.6) is 0 Å². The van der Waals surface area contributed by atoms with E-state index >= 15 is 0 Å². The van der Waals surface area contributed by atoms with Gasteiger partial charge in [-0.2, -0.15) is 5.10 Å². The molecule has 36 heavy (non-hydrogen) atoms. The largest absolute Gasteiger partial charge is 1.00 e. The van der Waals surface area contributed by atoms with Crippen LogP contribution in [0.4, 0.5) is 5.95 Å².